The first-order valence-electron chi connectivity index (χ1n) is 11.6. The lowest BCUT2D eigenvalue weighted by Crippen LogP contribution is -2.56. The number of benzene rings is 2. The Hall–Kier alpha value is -3.38. The minimum Gasteiger partial charge on any atom is -0.464 e. The normalized spacial score (nSPS) is 21.7. The van der Waals surface area contributed by atoms with Crippen molar-refractivity contribution in [3.05, 3.63) is 84.1 Å². The Kier molecular flexibility index (Phi) is 6.01. The molecule has 2 aliphatic heterocycles. The van der Waals surface area contributed by atoms with E-state index in [9.17, 15) is 9.59 Å². The molecule has 170 valence electrons. The Morgan fingerprint density at radius 3 is 2.42 bits per heavy atom. The highest BCUT2D eigenvalue weighted by Crippen LogP contribution is 2.35. The molecule has 2 aromatic carbocycles. The van der Waals surface area contributed by atoms with Crippen molar-refractivity contribution in [3.63, 3.8) is 0 Å². The van der Waals surface area contributed by atoms with Gasteiger partial charge in [0.25, 0.3) is 5.91 Å². The molecule has 2 N–H and O–H groups in total. The van der Waals surface area contributed by atoms with Crippen LogP contribution in [-0.2, 0) is 17.8 Å². The summed E-state index contributed by atoms with van der Waals surface area (Å²) in [7, 11) is 0. The van der Waals surface area contributed by atoms with E-state index in [4.69, 9.17) is 4.42 Å². The molecule has 0 saturated carbocycles. The number of aryl methyl sites for hydroxylation is 1. The van der Waals surface area contributed by atoms with Gasteiger partial charge in [-0.2, -0.15) is 0 Å². The van der Waals surface area contributed by atoms with Gasteiger partial charge in [0.2, 0.25) is 0 Å². The number of likely N-dealkylation sites (tertiary alicyclic amines) is 1. The number of amides is 3. The minimum atomic E-state index is -0.821. The number of furan rings is 1. The summed E-state index contributed by atoms with van der Waals surface area (Å²) in [6.07, 6.45) is 4.82. The van der Waals surface area contributed by atoms with Crippen LogP contribution in [0.3, 0.4) is 0 Å². The highest BCUT2D eigenvalue weighted by atomic mass is 16.3. The zero-order chi connectivity index (χ0) is 22.7. The van der Waals surface area contributed by atoms with E-state index in [-0.39, 0.29) is 17.9 Å². The molecule has 2 fully saturated rings. The number of imide groups is 1. The second-order valence-corrected chi connectivity index (χ2v) is 9.09. The van der Waals surface area contributed by atoms with Crippen LogP contribution in [0, 0.1) is 5.92 Å². The quantitative estimate of drug-likeness (QED) is 0.532. The summed E-state index contributed by atoms with van der Waals surface area (Å²) in [5, 5.41) is 5.52. The number of carbonyl (C=O) groups is 2. The van der Waals surface area contributed by atoms with E-state index in [2.05, 4.69) is 51.9 Å². The van der Waals surface area contributed by atoms with Gasteiger partial charge in [0.15, 0.2) is 0 Å². The smallest absolute Gasteiger partial charge is 0.322 e. The fourth-order valence-electron chi connectivity index (χ4n) is 5.27. The number of carbonyl (C=O) groups excluding carboxylic acids is 2. The molecule has 3 aromatic rings. The first kappa shape index (κ1) is 21.5. The van der Waals surface area contributed by atoms with Gasteiger partial charge in [-0.05, 0) is 74.0 Å². The van der Waals surface area contributed by atoms with E-state index in [1.165, 1.54) is 11.1 Å². The number of nitrogens with one attached hydrogen (secondary N) is 2. The fraction of sp³-hybridized carbons (Fsp3) is 0.333. The zero-order valence-electron chi connectivity index (χ0n) is 18.6. The molecular weight excluding hydrogens is 414 g/mol. The summed E-state index contributed by atoms with van der Waals surface area (Å²) in [4.78, 5) is 27.5. The zero-order valence-corrected chi connectivity index (χ0v) is 18.6. The highest BCUT2D eigenvalue weighted by molar-refractivity contribution is 6.07. The monoisotopic (exact) mass is 443 g/mol. The van der Waals surface area contributed by atoms with Gasteiger partial charge in [-0.15, -0.1) is 0 Å². The Labute approximate surface area is 194 Å². The first-order chi connectivity index (χ1) is 16.1. The summed E-state index contributed by atoms with van der Waals surface area (Å²) >= 11 is 0. The maximum absolute atomic E-state index is 12.9. The van der Waals surface area contributed by atoms with Crippen LogP contribution in [0.5, 0.6) is 0 Å². The van der Waals surface area contributed by atoms with Crippen LogP contribution in [0.1, 0.15) is 30.4 Å². The molecule has 2 aliphatic rings. The molecule has 3 heterocycles. The van der Waals surface area contributed by atoms with Crippen molar-refractivity contribution < 1.29 is 14.0 Å². The fourth-order valence-corrected chi connectivity index (χ4v) is 5.27. The average molecular weight is 444 g/mol. The third-order valence-corrected chi connectivity index (χ3v) is 7.04. The summed E-state index contributed by atoms with van der Waals surface area (Å²) in [5.74, 6) is 0.824. The van der Waals surface area contributed by atoms with E-state index in [1.807, 2.05) is 30.3 Å². The molecule has 6 heteroatoms. The van der Waals surface area contributed by atoms with Gasteiger partial charge in [-0.25, -0.2) is 4.79 Å². The largest absolute Gasteiger partial charge is 0.464 e. The molecule has 0 aliphatic carbocycles. The van der Waals surface area contributed by atoms with Gasteiger partial charge in [-0.3, -0.25) is 15.0 Å². The van der Waals surface area contributed by atoms with Gasteiger partial charge in [0.05, 0.1) is 6.26 Å². The molecule has 1 atom stereocenters. The molecule has 0 spiro atoms. The second kappa shape index (κ2) is 9.24. The van der Waals surface area contributed by atoms with E-state index in [0.717, 1.165) is 50.2 Å². The van der Waals surface area contributed by atoms with Crippen molar-refractivity contribution in [2.45, 2.75) is 37.8 Å². The van der Waals surface area contributed by atoms with Gasteiger partial charge in [0.1, 0.15) is 11.3 Å². The van der Waals surface area contributed by atoms with Crippen LogP contribution in [0.2, 0.25) is 0 Å². The lowest BCUT2D eigenvalue weighted by Gasteiger charge is -2.40. The van der Waals surface area contributed by atoms with Crippen molar-refractivity contribution in [3.8, 4) is 11.3 Å². The molecule has 2 saturated heterocycles. The highest BCUT2D eigenvalue weighted by Gasteiger charge is 2.51. The van der Waals surface area contributed by atoms with Crippen LogP contribution in [0.25, 0.3) is 11.3 Å². The van der Waals surface area contributed by atoms with E-state index >= 15 is 0 Å². The number of urea groups is 1. The minimum absolute atomic E-state index is 0.123. The Balaban J connectivity index is 1.24. The van der Waals surface area contributed by atoms with Gasteiger partial charge in [0, 0.05) is 12.1 Å². The molecule has 3 amide bonds. The predicted octanol–water partition coefficient (Wildman–Crippen LogP) is 4.37. The lowest BCUT2D eigenvalue weighted by atomic mass is 9.74. The summed E-state index contributed by atoms with van der Waals surface area (Å²) < 4.78 is 5.53. The van der Waals surface area contributed by atoms with Crippen molar-refractivity contribution >= 4 is 11.9 Å². The van der Waals surface area contributed by atoms with Gasteiger partial charge >= 0.3 is 6.03 Å². The Bertz CT molecular complexity index is 1100. The summed E-state index contributed by atoms with van der Waals surface area (Å²) in [6, 6.07) is 22.1. The summed E-state index contributed by atoms with van der Waals surface area (Å²) in [6.45, 7) is 2.65. The van der Waals surface area contributed by atoms with Crippen LogP contribution >= 0.6 is 0 Å². The van der Waals surface area contributed by atoms with Gasteiger partial charge in [-0.1, -0.05) is 48.5 Å². The van der Waals surface area contributed by atoms with Crippen LogP contribution in [0.15, 0.2) is 77.4 Å². The maximum atomic E-state index is 12.9. The molecule has 6 nitrogen and oxygen atoms in total. The maximum Gasteiger partial charge on any atom is 0.322 e. The van der Waals surface area contributed by atoms with Crippen LogP contribution in [0.4, 0.5) is 4.79 Å². The Morgan fingerprint density at radius 2 is 1.73 bits per heavy atom. The van der Waals surface area contributed by atoms with Crippen molar-refractivity contribution in [2.24, 2.45) is 5.92 Å². The van der Waals surface area contributed by atoms with Crippen molar-refractivity contribution in [1.82, 2.24) is 15.5 Å². The van der Waals surface area contributed by atoms with Gasteiger partial charge < -0.3 is 9.73 Å². The summed E-state index contributed by atoms with van der Waals surface area (Å²) in [5.41, 5.74) is 2.68. The molecule has 1 unspecified atom stereocenters. The predicted molar refractivity (Wildman–Crippen MR) is 126 cm³/mol. The average Bonchev–Trinajstić information content (AvgIpc) is 3.47. The molecule has 5 rings (SSSR count). The van der Waals surface area contributed by atoms with Crippen molar-refractivity contribution in [2.75, 3.05) is 13.1 Å². The second-order valence-electron chi connectivity index (χ2n) is 9.09. The molecule has 1 aromatic heterocycles. The number of hydrogen-bond donors (Lipinski definition) is 2. The SMILES string of the molecule is O=C1NC(=O)C(CCc2ccccc2)(C2CCN(Cc3cccc(-c4ccco4)c3)CC2)N1. The number of nitrogens with zero attached hydrogens (tertiary/aromatic N) is 1. The van der Waals surface area contributed by atoms with E-state index in [0.29, 0.717) is 6.42 Å². The van der Waals surface area contributed by atoms with Crippen LogP contribution in [-0.4, -0.2) is 35.5 Å². The van der Waals surface area contributed by atoms with E-state index < -0.39 is 5.54 Å². The number of piperidine rings is 1. The standard InChI is InChI=1S/C27H29N3O3/c31-25-27(29-26(32)28-25,14-11-20-6-2-1-3-7-20)23-12-15-30(16-13-23)19-21-8-4-9-22(18-21)24-10-5-17-33-24/h1-10,17-18,23H,11-16,19H2,(H2,28,29,31,32). The molecule has 33 heavy (non-hydrogen) atoms. The molecule has 0 bridgehead atoms. The van der Waals surface area contributed by atoms with Crippen LogP contribution < -0.4 is 10.6 Å². The third-order valence-electron chi connectivity index (χ3n) is 7.04. The number of rotatable bonds is 7. The lowest BCUT2D eigenvalue weighted by molar-refractivity contribution is -0.127. The number of hydrogen-bond acceptors (Lipinski definition) is 4. The first-order valence-corrected chi connectivity index (χ1v) is 11.6. The van der Waals surface area contributed by atoms with E-state index in [1.54, 1.807) is 6.26 Å². The molecule has 0 radical (unpaired) electrons. The topological polar surface area (TPSA) is 74.6 Å². The van der Waals surface area contributed by atoms with Crippen molar-refractivity contribution in [1.29, 1.82) is 0 Å². The third kappa shape index (κ3) is 4.57. The Morgan fingerprint density at radius 1 is 0.939 bits per heavy atom. The molecular formula is C27H29N3O3.